The van der Waals surface area contributed by atoms with Crippen molar-refractivity contribution in [2.75, 3.05) is 30.6 Å². The lowest BCUT2D eigenvalue weighted by Crippen LogP contribution is -2.39. The minimum Gasteiger partial charge on any atom is -0.497 e. The topological polar surface area (TPSA) is 111 Å². The lowest BCUT2D eigenvalue weighted by atomic mass is 10.2. The van der Waals surface area contributed by atoms with E-state index >= 15 is 0 Å². The number of nitrogens with one attached hydrogen (secondary N) is 2. The van der Waals surface area contributed by atoms with Crippen LogP contribution in [-0.4, -0.2) is 45.5 Å². The van der Waals surface area contributed by atoms with Crippen LogP contribution in [0.15, 0.2) is 42.5 Å². The highest BCUT2D eigenvalue weighted by molar-refractivity contribution is 7.93. The van der Waals surface area contributed by atoms with E-state index in [4.69, 9.17) is 21.1 Å². The summed E-state index contributed by atoms with van der Waals surface area (Å²) >= 11 is 5.94. The third-order valence-corrected chi connectivity index (χ3v) is 6.54. The van der Waals surface area contributed by atoms with E-state index in [-0.39, 0.29) is 12.1 Å². The van der Waals surface area contributed by atoms with Gasteiger partial charge in [0.1, 0.15) is 22.5 Å². The van der Waals surface area contributed by atoms with Crippen LogP contribution in [0.1, 0.15) is 13.3 Å². The zero-order chi connectivity index (χ0) is 22.3. The van der Waals surface area contributed by atoms with Crippen molar-refractivity contribution in [3.05, 3.63) is 47.5 Å². The summed E-state index contributed by atoms with van der Waals surface area (Å²) in [5.41, 5.74) is 0.656. The predicted molar refractivity (Wildman–Crippen MR) is 116 cm³/mol. The Kier molecular flexibility index (Phi) is 8.08. The third kappa shape index (κ3) is 6.11. The summed E-state index contributed by atoms with van der Waals surface area (Å²) in [4.78, 5) is 24.9. The average Bonchev–Trinajstić information content (AvgIpc) is 2.68. The van der Waals surface area contributed by atoms with E-state index in [1.807, 2.05) is 0 Å². The summed E-state index contributed by atoms with van der Waals surface area (Å²) in [6.07, 6.45) is -0.00708. The minimum atomic E-state index is -4.08. The molecule has 0 aromatic heterocycles. The molecule has 0 aliphatic heterocycles. The molecule has 30 heavy (non-hydrogen) atoms. The van der Waals surface area contributed by atoms with E-state index in [2.05, 4.69) is 10.6 Å². The fourth-order valence-electron chi connectivity index (χ4n) is 2.75. The van der Waals surface area contributed by atoms with Gasteiger partial charge in [-0.15, -0.1) is 0 Å². The molecule has 2 aromatic carbocycles. The van der Waals surface area contributed by atoms with Crippen molar-refractivity contribution >= 4 is 44.6 Å². The Morgan fingerprint density at radius 2 is 1.70 bits per heavy atom. The number of ether oxygens (including phenoxy) is 2. The van der Waals surface area contributed by atoms with Crippen molar-refractivity contribution in [1.82, 2.24) is 0 Å². The quantitative estimate of drug-likeness (QED) is 0.602. The van der Waals surface area contributed by atoms with Crippen molar-refractivity contribution in [3.8, 4) is 11.5 Å². The Hall–Kier alpha value is -2.78. The maximum Gasteiger partial charge on any atom is 0.242 e. The summed E-state index contributed by atoms with van der Waals surface area (Å²) in [7, 11) is -1.15. The normalized spacial score (nSPS) is 12.0. The summed E-state index contributed by atoms with van der Waals surface area (Å²) in [5, 5.41) is 3.96. The molecule has 162 valence electrons. The molecule has 1 unspecified atom stereocenters. The van der Waals surface area contributed by atoms with Crippen LogP contribution >= 0.6 is 11.6 Å². The van der Waals surface area contributed by atoms with Crippen molar-refractivity contribution in [1.29, 1.82) is 0 Å². The number of anilines is 2. The predicted octanol–water partition coefficient (Wildman–Crippen LogP) is 3.13. The van der Waals surface area contributed by atoms with Crippen LogP contribution in [0, 0.1) is 0 Å². The largest absolute Gasteiger partial charge is 0.497 e. The molecule has 2 aromatic rings. The lowest BCUT2D eigenvalue weighted by molar-refractivity contribution is -0.115. The molecular weight excluding hydrogens is 432 g/mol. The molecule has 1 atom stereocenters. The Morgan fingerprint density at radius 3 is 2.27 bits per heavy atom. The summed E-state index contributed by atoms with van der Waals surface area (Å²) < 4.78 is 35.6. The van der Waals surface area contributed by atoms with Crippen molar-refractivity contribution in [2.24, 2.45) is 0 Å². The van der Waals surface area contributed by atoms with Gasteiger partial charge in [-0.2, -0.15) is 0 Å². The molecule has 0 bridgehead atoms. The van der Waals surface area contributed by atoms with Crippen LogP contribution in [0.3, 0.4) is 0 Å². The van der Waals surface area contributed by atoms with E-state index in [0.717, 1.165) is 0 Å². The number of hydrogen-bond acceptors (Lipinski definition) is 6. The van der Waals surface area contributed by atoms with E-state index in [1.165, 1.54) is 20.3 Å². The first-order chi connectivity index (χ1) is 14.2. The molecule has 0 heterocycles. The number of methoxy groups -OCH3 is 2. The van der Waals surface area contributed by atoms with Gasteiger partial charge in [-0.25, -0.2) is 8.42 Å². The number of halogens is 1. The summed E-state index contributed by atoms with van der Waals surface area (Å²) in [5.74, 6) is -1.42. The first-order valence-corrected chi connectivity index (χ1v) is 11.1. The average molecular weight is 455 g/mol. The zero-order valence-electron chi connectivity index (χ0n) is 16.8. The first-order valence-electron chi connectivity index (χ1n) is 9.00. The molecule has 8 nitrogen and oxygen atoms in total. The maximum absolute atomic E-state index is 12.7. The minimum absolute atomic E-state index is 0.00708. The Morgan fingerprint density at radius 1 is 1.03 bits per heavy atom. The molecular formula is C20H23ClN2O6S. The highest BCUT2D eigenvalue weighted by atomic mass is 35.5. The van der Waals surface area contributed by atoms with Crippen LogP contribution in [0.4, 0.5) is 11.4 Å². The second-order valence-electron chi connectivity index (χ2n) is 6.31. The molecule has 0 aliphatic rings. The second kappa shape index (κ2) is 10.3. The second-order valence-corrected chi connectivity index (χ2v) is 8.93. The number of benzene rings is 2. The fraction of sp³-hybridized carbons (Fsp3) is 0.300. The molecule has 2 rings (SSSR count). The van der Waals surface area contributed by atoms with Crippen molar-refractivity contribution in [2.45, 2.75) is 18.6 Å². The highest BCUT2D eigenvalue weighted by Gasteiger charge is 2.33. The number of sulfone groups is 1. The van der Waals surface area contributed by atoms with Crippen LogP contribution < -0.4 is 20.1 Å². The van der Waals surface area contributed by atoms with Crippen LogP contribution in [0.5, 0.6) is 11.5 Å². The molecule has 10 heteroatoms. The van der Waals surface area contributed by atoms with Gasteiger partial charge in [0, 0.05) is 10.7 Å². The molecule has 2 amide bonds. The fourth-order valence-corrected chi connectivity index (χ4v) is 4.45. The van der Waals surface area contributed by atoms with Gasteiger partial charge in [-0.1, -0.05) is 18.5 Å². The van der Waals surface area contributed by atoms with E-state index in [9.17, 15) is 18.0 Å². The maximum atomic E-state index is 12.7. The highest BCUT2D eigenvalue weighted by Crippen LogP contribution is 2.28. The molecule has 0 aliphatic carbocycles. The lowest BCUT2D eigenvalue weighted by Gasteiger charge is -2.17. The van der Waals surface area contributed by atoms with E-state index in [1.54, 1.807) is 43.3 Å². The summed E-state index contributed by atoms with van der Waals surface area (Å²) in [6, 6.07) is 11.0. The Bertz CT molecular complexity index is 1010. The standard InChI is InChI=1S/C20H23ClN2O6S/c1-4-18(20(25)23-16-11-13(21)5-10-17(16)29-3)30(26,27)12-19(24)22-14-6-8-15(28-2)9-7-14/h5-11,18H,4,12H2,1-3H3,(H,22,24)(H,23,25). The smallest absolute Gasteiger partial charge is 0.242 e. The van der Waals surface area contributed by atoms with Gasteiger partial charge in [0.25, 0.3) is 0 Å². The van der Waals surface area contributed by atoms with Crippen LogP contribution in [0.25, 0.3) is 0 Å². The molecule has 0 radical (unpaired) electrons. The van der Waals surface area contributed by atoms with E-state index in [0.29, 0.717) is 22.2 Å². The molecule has 0 fully saturated rings. The van der Waals surface area contributed by atoms with Gasteiger partial charge in [-0.05, 0) is 48.9 Å². The van der Waals surface area contributed by atoms with Crippen molar-refractivity contribution < 1.29 is 27.5 Å². The number of carbonyl (C=O) groups excluding carboxylic acids is 2. The zero-order valence-corrected chi connectivity index (χ0v) is 18.3. The molecule has 0 saturated carbocycles. The summed E-state index contributed by atoms with van der Waals surface area (Å²) in [6.45, 7) is 1.55. The van der Waals surface area contributed by atoms with Gasteiger partial charge in [-0.3, -0.25) is 9.59 Å². The number of carbonyl (C=O) groups is 2. The molecule has 2 N–H and O–H groups in total. The van der Waals surface area contributed by atoms with Gasteiger partial charge in [0.15, 0.2) is 9.84 Å². The Labute approximate surface area is 180 Å². The van der Waals surface area contributed by atoms with E-state index < -0.39 is 32.7 Å². The number of hydrogen-bond donors (Lipinski definition) is 2. The monoisotopic (exact) mass is 454 g/mol. The van der Waals surface area contributed by atoms with Crippen LogP contribution in [0.2, 0.25) is 5.02 Å². The van der Waals surface area contributed by atoms with Crippen LogP contribution in [-0.2, 0) is 19.4 Å². The van der Waals surface area contributed by atoms with Crippen molar-refractivity contribution in [3.63, 3.8) is 0 Å². The molecule has 0 saturated heterocycles. The molecule has 0 spiro atoms. The third-order valence-electron chi connectivity index (χ3n) is 4.22. The SMILES string of the molecule is CCC(C(=O)Nc1cc(Cl)ccc1OC)S(=O)(=O)CC(=O)Nc1ccc(OC)cc1. The van der Waals surface area contributed by atoms with Gasteiger partial charge >= 0.3 is 0 Å². The first kappa shape index (κ1) is 23.5. The van der Waals surface area contributed by atoms with Gasteiger partial charge in [0.05, 0.1) is 19.9 Å². The number of rotatable bonds is 9. The Balaban J connectivity index is 2.10. The number of amides is 2. The van der Waals surface area contributed by atoms with Gasteiger partial charge in [0.2, 0.25) is 11.8 Å². The van der Waals surface area contributed by atoms with Gasteiger partial charge < -0.3 is 20.1 Å².